The second kappa shape index (κ2) is 12.1. The van der Waals surface area contributed by atoms with Gasteiger partial charge in [-0.25, -0.2) is 4.79 Å². The lowest BCUT2D eigenvalue weighted by Gasteiger charge is -2.37. The molecule has 1 amide bonds. The molecule has 0 aliphatic carbocycles. The lowest BCUT2D eigenvalue weighted by molar-refractivity contribution is 0.114. The summed E-state index contributed by atoms with van der Waals surface area (Å²) < 4.78 is 4.96. The maximum Gasteiger partial charge on any atom is 0.410 e. The van der Waals surface area contributed by atoms with Crippen molar-refractivity contribution >= 4 is 17.9 Å². The van der Waals surface area contributed by atoms with Crippen LogP contribution in [-0.2, 0) is 9.48 Å². The fraction of sp³-hybridized carbons (Fsp3) is 0.258. The Bertz CT molecular complexity index is 1070. The number of aliphatic hydroxyl groups excluding tert-OH is 1. The maximum absolute atomic E-state index is 13.0. The first-order valence-electron chi connectivity index (χ1n) is 12.2. The van der Waals surface area contributed by atoms with Crippen molar-refractivity contribution in [1.29, 1.82) is 0 Å². The van der Waals surface area contributed by atoms with E-state index >= 15 is 0 Å². The highest BCUT2D eigenvalue weighted by Gasteiger charge is 2.44. The molecular weight excluding hydrogens is 466 g/mol. The number of aliphatic hydroxyl groups is 1. The lowest BCUT2D eigenvalue weighted by Crippen LogP contribution is -2.36. The molecule has 3 aromatic rings. The van der Waals surface area contributed by atoms with Gasteiger partial charge in [0.05, 0.1) is 17.4 Å². The summed E-state index contributed by atoms with van der Waals surface area (Å²) >= 11 is 1.88. The molecule has 0 unspecified atom stereocenters. The molecule has 0 aromatic heterocycles. The number of nitrogens with zero attached hydrogens (tertiary/aromatic N) is 1. The maximum atomic E-state index is 13.0. The Hall–Kier alpha value is -3.28. The van der Waals surface area contributed by atoms with E-state index in [0.717, 1.165) is 12.0 Å². The Labute approximate surface area is 218 Å². The van der Waals surface area contributed by atoms with Gasteiger partial charge in [0, 0.05) is 11.8 Å². The molecule has 1 saturated heterocycles. The summed E-state index contributed by atoms with van der Waals surface area (Å²) in [5.74, 6) is 0. The molecule has 0 saturated carbocycles. The first-order chi connectivity index (χ1) is 17.6. The zero-order valence-corrected chi connectivity index (χ0v) is 21.4. The average molecular weight is 500 g/mol. The molecule has 1 N–H and O–H groups in total. The zero-order valence-electron chi connectivity index (χ0n) is 20.6. The van der Waals surface area contributed by atoms with Crippen molar-refractivity contribution < 1.29 is 14.6 Å². The molecule has 4 nitrogen and oxygen atoms in total. The molecule has 0 radical (unpaired) electrons. The van der Waals surface area contributed by atoms with Gasteiger partial charge in [0.2, 0.25) is 0 Å². The Morgan fingerprint density at radius 1 is 1.00 bits per heavy atom. The van der Waals surface area contributed by atoms with E-state index in [2.05, 4.69) is 79.4 Å². The Balaban J connectivity index is 1.78. The van der Waals surface area contributed by atoms with Gasteiger partial charge in [-0.05, 0) is 30.0 Å². The number of carbonyl (C=O) groups is 1. The molecule has 0 bridgehead atoms. The molecule has 1 fully saturated rings. The largest absolute Gasteiger partial charge is 0.445 e. The third-order valence-electron chi connectivity index (χ3n) is 6.47. The van der Waals surface area contributed by atoms with Gasteiger partial charge in [-0.1, -0.05) is 115 Å². The SMILES string of the molecule is C=CCOC(=O)N1C[C@@H](SC(c2ccccc2)(c2ccccc2)c2ccccc2)C[C@H]1C=C(C)CO. The van der Waals surface area contributed by atoms with Gasteiger partial charge in [0.15, 0.2) is 0 Å². The number of rotatable bonds is 9. The number of carbonyl (C=O) groups excluding carboxylic acids is 1. The smallest absolute Gasteiger partial charge is 0.410 e. The van der Waals surface area contributed by atoms with Gasteiger partial charge >= 0.3 is 6.09 Å². The summed E-state index contributed by atoms with van der Waals surface area (Å²) in [4.78, 5) is 14.7. The first-order valence-corrected chi connectivity index (χ1v) is 13.1. The van der Waals surface area contributed by atoms with Crippen LogP contribution in [0.3, 0.4) is 0 Å². The van der Waals surface area contributed by atoms with E-state index in [9.17, 15) is 9.90 Å². The van der Waals surface area contributed by atoms with Crippen molar-refractivity contribution in [2.24, 2.45) is 0 Å². The van der Waals surface area contributed by atoms with Crippen molar-refractivity contribution in [1.82, 2.24) is 4.90 Å². The normalized spacial score (nSPS) is 18.2. The highest BCUT2D eigenvalue weighted by Crippen LogP contribution is 2.52. The van der Waals surface area contributed by atoms with Crippen LogP contribution < -0.4 is 0 Å². The van der Waals surface area contributed by atoms with E-state index in [1.165, 1.54) is 16.7 Å². The minimum Gasteiger partial charge on any atom is -0.445 e. The molecule has 3 aromatic carbocycles. The topological polar surface area (TPSA) is 49.8 Å². The first kappa shape index (κ1) is 25.8. The molecule has 1 aliphatic rings. The average Bonchev–Trinajstić information content (AvgIpc) is 3.33. The highest BCUT2D eigenvalue weighted by atomic mass is 32.2. The van der Waals surface area contributed by atoms with E-state index in [1.54, 1.807) is 11.0 Å². The Kier molecular flexibility index (Phi) is 8.68. The predicted molar refractivity (Wildman–Crippen MR) is 148 cm³/mol. The number of hydrogen-bond donors (Lipinski definition) is 1. The lowest BCUT2D eigenvalue weighted by atomic mass is 9.84. The van der Waals surface area contributed by atoms with Crippen LogP contribution in [0.1, 0.15) is 30.0 Å². The Morgan fingerprint density at radius 2 is 1.50 bits per heavy atom. The minimum atomic E-state index is -0.463. The summed E-state index contributed by atoms with van der Waals surface area (Å²) in [5.41, 5.74) is 4.42. The molecule has 186 valence electrons. The van der Waals surface area contributed by atoms with Crippen molar-refractivity contribution in [3.8, 4) is 0 Å². The predicted octanol–water partition coefficient (Wildman–Crippen LogP) is 6.42. The van der Waals surface area contributed by atoms with Gasteiger partial charge < -0.3 is 14.7 Å². The second-order valence-electron chi connectivity index (χ2n) is 9.01. The van der Waals surface area contributed by atoms with Crippen LogP contribution in [-0.4, -0.2) is 47.1 Å². The van der Waals surface area contributed by atoms with Crippen molar-refractivity contribution in [2.45, 2.75) is 29.4 Å². The molecule has 4 rings (SSSR count). The van der Waals surface area contributed by atoms with Crippen LogP contribution in [0.2, 0.25) is 0 Å². The number of amides is 1. The fourth-order valence-electron chi connectivity index (χ4n) is 4.85. The number of ether oxygens (including phenoxy) is 1. The van der Waals surface area contributed by atoms with E-state index < -0.39 is 4.75 Å². The van der Waals surface area contributed by atoms with Crippen LogP contribution in [0, 0.1) is 0 Å². The van der Waals surface area contributed by atoms with Crippen molar-refractivity contribution in [3.05, 3.63) is 132 Å². The third-order valence-corrected chi connectivity index (χ3v) is 8.21. The van der Waals surface area contributed by atoms with E-state index in [1.807, 2.05) is 43.0 Å². The standard InChI is InChI=1S/C31H33NO3S/c1-3-19-35-30(34)32-22-29(21-28(32)20-24(2)23-33)36-31(25-13-7-4-8-14-25,26-15-9-5-10-16-26)27-17-11-6-12-18-27/h3-18,20,28-29,33H,1,19,21-23H2,2H3/t28-,29+/m1/s1. The molecule has 2 atom stereocenters. The number of hydrogen-bond acceptors (Lipinski definition) is 4. The molecule has 1 heterocycles. The summed E-state index contributed by atoms with van der Waals surface area (Å²) in [6.45, 7) is 6.23. The van der Waals surface area contributed by atoms with Gasteiger partial charge in [-0.2, -0.15) is 0 Å². The van der Waals surface area contributed by atoms with E-state index in [0.29, 0.717) is 6.54 Å². The molecule has 36 heavy (non-hydrogen) atoms. The van der Waals surface area contributed by atoms with Crippen LogP contribution >= 0.6 is 11.8 Å². The van der Waals surface area contributed by atoms with E-state index in [-0.39, 0.29) is 30.6 Å². The van der Waals surface area contributed by atoms with Crippen molar-refractivity contribution in [2.75, 3.05) is 19.8 Å². The van der Waals surface area contributed by atoms with Crippen LogP contribution in [0.5, 0.6) is 0 Å². The highest BCUT2D eigenvalue weighted by molar-refractivity contribution is 8.01. The van der Waals surface area contributed by atoms with Gasteiger partial charge in [-0.3, -0.25) is 0 Å². The quantitative estimate of drug-likeness (QED) is 0.273. The van der Waals surface area contributed by atoms with Gasteiger partial charge in [0.1, 0.15) is 6.61 Å². The monoisotopic (exact) mass is 499 g/mol. The second-order valence-corrected chi connectivity index (χ2v) is 10.5. The number of thioether (sulfide) groups is 1. The molecule has 1 aliphatic heterocycles. The zero-order chi connectivity index (χ0) is 25.4. The molecule has 0 spiro atoms. The van der Waals surface area contributed by atoms with Crippen molar-refractivity contribution in [3.63, 3.8) is 0 Å². The minimum absolute atomic E-state index is 0.0359. The molecular formula is C31H33NO3S. The molecule has 5 heteroatoms. The third kappa shape index (κ3) is 5.58. The van der Waals surface area contributed by atoms with Crippen LogP contribution in [0.25, 0.3) is 0 Å². The summed E-state index contributed by atoms with van der Waals surface area (Å²) in [5, 5.41) is 9.77. The van der Waals surface area contributed by atoms with Gasteiger partial charge in [-0.15, -0.1) is 11.8 Å². The van der Waals surface area contributed by atoms with Crippen LogP contribution in [0.4, 0.5) is 4.79 Å². The summed E-state index contributed by atoms with van der Waals surface area (Å²) in [7, 11) is 0. The summed E-state index contributed by atoms with van der Waals surface area (Å²) in [6.07, 6.45) is 3.98. The van der Waals surface area contributed by atoms with Gasteiger partial charge in [0.25, 0.3) is 0 Å². The number of benzene rings is 3. The summed E-state index contributed by atoms with van der Waals surface area (Å²) in [6, 6.07) is 31.6. The Morgan fingerprint density at radius 3 is 1.94 bits per heavy atom. The van der Waals surface area contributed by atoms with E-state index in [4.69, 9.17) is 4.74 Å². The number of likely N-dealkylation sites (tertiary alicyclic amines) is 1. The fourth-order valence-corrected chi connectivity index (χ4v) is 6.69. The van der Waals surface area contributed by atoms with Crippen LogP contribution in [0.15, 0.2) is 115 Å².